The van der Waals surface area contributed by atoms with Gasteiger partial charge in [0.2, 0.25) is 11.8 Å². The van der Waals surface area contributed by atoms with Crippen molar-refractivity contribution in [3.63, 3.8) is 0 Å². The summed E-state index contributed by atoms with van der Waals surface area (Å²) in [6.45, 7) is 4.99. The highest BCUT2D eigenvalue weighted by molar-refractivity contribution is 5.34. The third-order valence-corrected chi connectivity index (χ3v) is 2.91. The number of anilines is 1. The third-order valence-electron chi connectivity index (χ3n) is 2.91. The fourth-order valence-electron chi connectivity index (χ4n) is 1.88. The number of ether oxygens (including phenoxy) is 1. The number of nitrogens with zero attached hydrogens (tertiary/aromatic N) is 2. The largest absolute Gasteiger partial charge is 0.439 e. The standard InChI is InChI=1S/C16H21N3O2/c1-3-9-17-16-18-12(2)11-15(19-16)21-14-6-4-13(5-7-14)8-10-20/h4-7,11,20H,3,8-10H2,1-2H3,(H,17,18,19). The maximum Gasteiger partial charge on any atom is 0.226 e. The van der Waals surface area contributed by atoms with E-state index < -0.39 is 0 Å². The minimum Gasteiger partial charge on any atom is -0.439 e. The van der Waals surface area contributed by atoms with Crippen LogP contribution in [-0.2, 0) is 6.42 Å². The lowest BCUT2D eigenvalue weighted by molar-refractivity contribution is 0.299. The summed E-state index contributed by atoms with van der Waals surface area (Å²) in [7, 11) is 0. The van der Waals surface area contributed by atoms with Crippen molar-refractivity contribution >= 4 is 5.95 Å². The molecule has 1 aromatic carbocycles. The number of aliphatic hydroxyl groups is 1. The van der Waals surface area contributed by atoms with E-state index in [0.29, 0.717) is 18.2 Å². The van der Waals surface area contributed by atoms with Crippen molar-refractivity contribution in [2.75, 3.05) is 18.5 Å². The van der Waals surface area contributed by atoms with E-state index in [-0.39, 0.29) is 6.61 Å². The lowest BCUT2D eigenvalue weighted by atomic mass is 10.1. The quantitative estimate of drug-likeness (QED) is 0.819. The van der Waals surface area contributed by atoms with Gasteiger partial charge in [-0.15, -0.1) is 0 Å². The molecule has 112 valence electrons. The monoisotopic (exact) mass is 287 g/mol. The molecule has 0 saturated carbocycles. The Kier molecular flexibility index (Phi) is 5.51. The zero-order chi connectivity index (χ0) is 15.1. The zero-order valence-corrected chi connectivity index (χ0v) is 12.5. The van der Waals surface area contributed by atoms with Gasteiger partial charge in [0.25, 0.3) is 0 Å². The molecule has 0 spiro atoms. The summed E-state index contributed by atoms with van der Waals surface area (Å²) in [6, 6.07) is 9.44. The summed E-state index contributed by atoms with van der Waals surface area (Å²) >= 11 is 0. The van der Waals surface area contributed by atoms with Gasteiger partial charge in [0.05, 0.1) is 0 Å². The number of hydrogen-bond donors (Lipinski definition) is 2. The molecule has 5 heteroatoms. The fourth-order valence-corrected chi connectivity index (χ4v) is 1.88. The van der Waals surface area contributed by atoms with E-state index in [9.17, 15) is 0 Å². The molecule has 0 saturated heterocycles. The predicted octanol–water partition coefficient (Wildman–Crippen LogP) is 2.93. The molecule has 0 radical (unpaired) electrons. The summed E-state index contributed by atoms with van der Waals surface area (Å²) in [5, 5.41) is 12.1. The van der Waals surface area contributed by atoms with Crippen LogP contribution in [-0.4, -0.2) is 28.2 Å². The first-order valence-corrected chi connectivity index (χ1v) is 7.18. The highest BCUT2D eigenvalue weighted by Crippen LogP contribution is 2.21. The SMILES string of the molecule is CCCNc1nc(C)cc(Oc2ccc(CCO)cc2)n1. The van der Waals surface area contributed by atoms with Crippen LogP contribution in [0.5, 0.6) is 11.6 Å². The Balaban J connectivity index is 2.09. The highest BCUT2D eigenvalue weighted by atomic mass is 16.5. The minimum atomic E-state index is 0.151. The molecule has 0 aliphatic carbocycles. The fraction of sp³-hybridized carbons (Fsp3) is 0.375. The van der Waals surface area contributed by atoms with Gasteiger partial charge in [-0.2, -0.15) is 4.98 Å². The molecule has 2 rings (SSSR count). The highest BCUT2D eigenvalue weighted by Gasteiger charge is 2.04. The van der Waals surface area contributed by atoms with E-state index in [4.69, 9.17) is 9.84 Å². The van der Waals surface area contributed by atoms with Gasteiger partial charge in [0, 0.05) is 24.9 Å². The molecule has 2 aromatic rings. The Labute approximate surface area is 125 Å². The first-order chi connectivity index (χ1) is 10.2. The number of rotatable bonds is 7. The van der Waals surface area contributed by atoms with Gasteiger partial charge in [0.15, 0.2) is 0 Å². The Morgan fingerprint density at radius 3 is 2.62 bits per heavy atom. The Bertz CT molecular complexity index is 570. The van der Waals surface area contributed by atoms with Crippen molar-refractivity contribution in [1.29, 1.82) is 0 Å². The van der Waals surface area contributed by atoms with E-state index in [1.165, 1.54) is 0 Å². The molecule has 0 atom stereocenters. The molecule has 0 aliphatic heterocycles. The number of benzene rings is 1. The van der Waals surface area contributed by atoms with E-state index in [0.717, 1.165) is 30.0 Å². The minimum absolute atomic E-state index is 0.151. The summed E-state index contributed by atoms with van der Waals surface area (Å²) in [5.41, 5.74) is 1.93. The van der Waals surface area contributed by atoms with Crippen LogP contribution in [0.15, 0.2) is 30.3 Å². The van der Waals surface area contributed by atoms with Crippen LogP contribution in [0.4, 0.5) is 5.95 Å². The zero-order valence-electron chi connectivity index (χ0n) is 12.5. The van der Waals surface area contributed by atoms with Crippen molar-refractivity contribution < 1.29 is 9.84 Å². The van der Waals surface area contributed by atoms with Gasteiger partial charge in [-0.3, -0.25) is 0 Å². The molecule has 5 nitrogen and oxygen atoms in total. The van der Waals surface area contributed by atoms with Crippen molar-refractivity contribution in [3.8, 4) is 11.6 Å². The topological polar surface area (TPSA) is 67.3 Å². The average molecular weight is 287 g/mol. The first kappa shape index (κ1) is 15.3. The Morgan fingerprint density at radius 2 is 1.95 bits per heavy atom. The van der Waals surface area contributed by atoms with Gasteiger partial charge in [-0.25, -0.2) is 4.98 Å². The summed E-state index contributed by atoms with van der Waals surface area (Å²) < 4.78 is 5.76. The Hall–Kier alpha value is -2.14. The summed E-state index contributed by atoms with van der Waals surface area (Å²) in [6.07, 6.45) is 1.66. The average Bonchev–Trinajstić information content (AvgIpc) is 2.47. The lowest BCUT2D eigenvalue weighted by Crippen LogP contribution is -2.05. The number of hydrogen-bond acceptors (Lipinski definition) is 5. The molecule has 0 aliphatic rings. The second-order valence-electron chi connectivity index (χ2n) is 4.82. The number of nitrogens with one attached hydrogen (secondary N) is 1. The molecule has 0 amide bonds. The molecule has 0 unspecified atom stereocenters. The van der Waals surface area contributed by atoms with Crippen molar-refractivity contribution in [2.45, 2.75) is 26.7 Å². The van der Waals surface area contributed by atoms with E-state index >= 15 is 0 Å². The van der Waals surface area contributed by atoms with Crippen LogP contribution >= 0.6 is 0 Å². The molecular weight excluding hydrogens is 266 g/mol. The third kappa shape index (κ3) is 4.72. The van der Waals surface area contributed by atoms with Gasteiger partial charge in [0.1, 0.15) is 5.75 Å². The number of aliphatic hydroxyl groups excluding tert-OH is 1. The van der Waals surface area contributed by atoms with Crippen molar-refractivity contribution in [3.05, 3.63) is 41.6 Å². The summed E-state index contributed by atoms with van der Waals surface area (Å²) in [5.74, 6) is 1.83. The van der Waals surface area contributed by atoms with Crippen molar-refractivity contribution in [2.24, 2.45) is 0 Å². The maximum absolute atomic E-state index is 8.90. The van der Waals surface area contributed by atoms with Crippen LogP contribution in [0.3, 0.4) is 0 Å². The Morgan fingerprint density at radius 1 is 1.19 bits per heavy atom. The first-order valence-electron chi connectivity index (χ1n) is 7.18. The van der Waals surface area contributed by atoms with E-state index in [1.807, 2.05) is 31.2 Å². The maximum atomic E-state index is 8.90. The molecule has 21 heavy (non-hydrogen) atoms. The van der Waals surface area contributed by atoms with Crippen LogP contribution in [0.25, 0.3) is 0 Å². The van der Waals surface area contributed by atoms with Gasteiger partial charge in [-0.1, -0.05) is 19.1 Å². The van der Waals surface area contributed by atoms with Crippen molar-refractivity contribution in [1.82, 2.24) is 9.97 Å². The van der Waals surface area contributed by atoms with Crippen LogP contribution in [0.2, 0.25) is 0 Å². The van der Waals surface area contributed by atoms with Gasteiger partial charge < -0.3 is 15.2 Å². The van der Waals surface area contributed by atoms with E-state index in [1.54, 1.807) is 6.07 Å². The molecule has 1 heterocycles. The second-order valence-corrected chi connectivity index (χ2v) is 4.82. The molecular formula is C16H21N3O2. The molecule has 0 fully saturated rings. The normalized spacial score (nSPS) is 10.4. The van der Waals surface area contributed by atoms with Gasteiger partial charge in [-0.05, 0) is 37.5 Å². The number of aryl methyl sites for hydroxylation is 1. The second kappa shape index (κ2) is 7.59. The van der Waals surface area contributed by atoms with E-state index in [2.05, 4.69) is 22.2 Å². The molecule has 1 aromatic heterocycles. The molecule has 0 bridgehead atoms. The smallest absolute Gasteiger partial charge is 0.226 e. The van der Waals surface area contributed by atoms with Crippen LogP contribution < -0.4 is 10.1 Å². The lowest BCUT2D eigenvalue weighted by Gasteiger charge is -2.09. The molecule has 2 N–H and O–H groups in total. The predicted molar refractivity (Wildman–Crippen MR) is 82.9 cm³/mol. The van der Waals surface area contributed by atoms with Crippen LogP contribution in [0, 0.1) is 6.92 Å². The summed E-state index contributed by atoms with van der Waals surface area (Å²) in [4.78, 5) is 8.66. The van der Waals surface area contributed by atoms with Crippen LogP contribution in [0.1, 0.15) is 24.6 Å². The van der Waals surface area contributed by atoms with Gasteiger partial charge >= 0.3 is 0 Å². The number of aromatic nitrogens is 2.